The quantitative estimate of drug-likeness (QED) is 0.755. The van der Waals surface area contributed by atoms with Crippen LogP contribution in [0, 0.1) is 17.0 Å². The summed E-state index contributed by atoms with van der Waals surface area (Å²) < 4.78 is 25.7. The van der Waals surface area contributed by atoms with Crippen molar-refractivity contribution in [3.63, 3.8) is 0 Å². The fraction of sp³-hybridized carbons (Fsp3) is 0.429. The summed E-state index contributed by atoms with van der Waals surface area (Å²) >= 11 is 0. The van der Waals surface area contributed by atoms with E-state index in [1.807, 2.05) is 0 Å². The number of carbonyl (C=O) groups is 2. The normalized spacial score (nSPS) is 11.0. The molecule has 0 atom stereocenters. The van der Waals surface area contributed by atoms with Crippen LogP contribution in [0.4, 0.5) is 19.3 Å². The first-order valence-corrected chi connectivity index (χ1v) is 6.58. The van der Waals surface area contributed by atoms with Gasteiger partial charge in [-0.25, -0.2) is 13.6 Å². The summed E-state index contributed by atoms with van der Waals surface area (Å²) in [6.07, 6.45) is 0.731. The van der Waals surface area contributed by atoms with Gasteiger partial charge in [0.1, 0.15) is 0 Å². The van der Waals surface area contributed by atoms with Crippen LogP contribution in [0.2, 0.25) is 0 Å². The molecule has 0 aromatic heterocycles. The third kappa shape index (κ3) is 4.14. The number of anilines is 1. The molecule has 5 nitrogen and oxygen atoms in total. The maximum Gasteiger partial charge on any atom is 0.319 e. The lowest BCUT2D eigenvalue weighted by Crippen LogP contribution is -2.43. The molecular weight excluding hydrogens is 282 g/mol. The largest absolute Gasteiger partial charge is 0.481 e. The Bertz CT molecular complexity index is 531. The van der Waals surface area contributed by atoms with Crippen LogP contribution in [0.15, 0.2) is 18.2 Å². The van der Waals surface area contributed by atoms with Crippen molar-refractivity contribution in [1.82, 2.24) is 5.32 Å². The zero-order chi connectivity index (χ0) is 16.0. The number of carboxylic acids is 1. The lowest BCUT2D eigenvalue weighted by Gasteiger charge is -2.26. The SMILES string of the molecule is CCC(CC)(CNC(=O)Nc1ccc(F)c(F)c1)C(=O)O. The van der Waals surface area contributed by atoms with Crippen LogP contribution in [0.5, 0.6) is 0 Å². The smallest absolute Gasteiger partial charge is 0.319 e. The van der Waals surface area contributed by atoms with E-state index in [0.29, 0.717) is 12.8 Å². The van der Waals surface area contributed by atoms with Crippen LogP contribution >= 0.6 is 0 Å². The van der Waals surface area contributed by atoms with Crippen LogP contribution in [0.1, 0.15) is 26.7 Å². The van der Waals surface area contributed by atoms with E-state index in [1.165, 1.54) is 6.07 Å². The van der Waals surface area contributed by atoms with E-state index in [0.717, 1.165) is 12.1 Å². The Kier molecular flexibility index (Phi) is 5.63. The summed E-state index contributed by atoms with van der Waals surface area (Å²) in [7, 11) is 0. The number of nitrogens with one attached hydrogen (secondary N) is 2. The van der Waals surface area contributed by atoms with Crippen molar-refractivity contribution in [2.45, 2.75) is 26.7 Å². The lowest BCUT2D eigenvalue weighted by molar-refractivity contribution is -0.149. The molecule has 3 N–H and O–H groups in total. The Morgan fingerprint density at radius 3 is 2.29 bits per heavy atom. The van der Waals surface area contributed by atoms with Crippen LogP contribution in [-0.2, 0) is 4.79 Å². The number of halogens is 2. The minimum atomic E-state index is -1.07. The molecule has 0 unspecified atom stereocenters. The number of hydrogen-bond donors (Lipinski definition) is 3. The van der Waals surface area contributed by atoms with Crippen molar-refractivity contribution in [3.8, 4) is 0 Å². The molecule has 0 aliphatic heterocycles. The first kappa shape index (κ1) is 16.9. The molecule has 21 heavy (non-hydrogen) atoms. The van der Waals surface area contributed by atoms with Gasteiger partial charge >= 0.3 is 12.0 Å². The standard InChI is InChI=1S/C14H18F2N2O3/c1-3-14(4-2,12(19)20)8-17-13(21)18-9-5-6-10(15)11(16)7-9/h5-7H,3-4,8H2,1-2H3,(H,19,20)(H2,17,18,21). The molecule has 0 radical (unpaired) electrons. The highest BCUT2D eigenvalue weighted by Gasteiger charge is 2.35. The summed E-state index contributed by atoms with van der Waals surface area (Å²) in [5.74, 6) is -3.07. The molecule has 2 amide bonds. The van der Waals surface area contributed by atoms with Gasteiger partial charge in [-0.05, 0) is 25.0 Å². The monoisotopic (exact) mass is 300 g/mol. The highest BCUT2D eigenvalue weighted by Crippen LogP contribution is 2.25. The number of hydrogen-bond acceptors (Lipinski definition) is 2. The minimum Gasteiger partial charge on any atom is -0.481 e. The Morgan fingerprint density at radius 1 is 1.19 bits per heavy atom. The number of urea groups is 1. The van der Waals surface area contributed by atoms with Crippen molar-refractivity contribution in [2.24, 2.45) is 5.41 Å². The van der Waals surface area contributed by atoms with E-state index in [2.05, 4.69) is 10.6 Å². The topological polar surface area (TPSA) is 78.4 Å². The van der Waals surface area contributed by atoms with Crippen molar-refractivity contribution in [1.29, 1.82) is 0 Å². The van der Waals surface area contributed by atoms with Gasteiger partial charge in [0.2, 0.25) is 0 Å². The predicted octanol–water partition coefficient (Wildman–Crippen LogP) is 2.98. The molecule has 0 aliphatic carbocycles. The zero-order valence-electron chi connectivity index (χ0n) is 11.9. The van der Waals surface area contributed by atoms with Crippen molar-refractivity contribution < 1.29 is 23.5 Å². The lowest BCUT2D eigenvalue weighted by atomic mass is 9.82. The van der Waals surface area contributed by atoms with E-state index >= 15 is 0 Å². The highest BCUT2D eigenvalue weighted by molar-refractivity contribution is 5.89. The minimum absolute atomic E-state index is 0.0508. The van der Waals surface area contributed by atoms with Gasteiger partial charge in [-0.2, -0.15) is 0 Å². The number of amides is 2. The third-order valence-electron chi connectivity index (χ3n) is 3.57. The first-order chi connectivity index (χ1) is 9.84. The maximum absolute atomic E-state index is 13.0. The molecule has 116 valence electrons. The average molecular weight is 300 g/mol. The summed E-state index contributed by atoms with van der Waals surface area (Å²) in [5, 5.41) is 14.0. The second kappa shape index (κ2) is 7.01. The van der Waals surface area contributed by atoms with Crippen LogP contribution < -0.4 is 10.6 Å². The molecule has 7 heteroatoms. The molecule has 0 aliphatic rings. The first-order valence-electron chi connectivity index (χ1n) is 6.58. The number of carboxylic acid groups (broad SMARTS) is 1. The average Bonchev–Trinajstić information content (AvgIpc) is 2.44. The van der Waals surface area contributed by atoms with Gasteiger partial charge in [0.25, 0.3) is 0 Å². The summed E-state index contributed by atoms with van der Waals surface area (Å²) in [4.78, 5) is 23.0. The number of benzene rings is 1. The van der Waals surface area contributed by atoms with Gasteiger partial charge in [-0.15, -0.1) is 0 Å². The van der Waals surface area contributed by atoms with E-state index in [-0.39, 0.29) is 12.2 Å². The fourth-order valence-electron chi connectivity index (χ4n) is 1.88. The Labute approximate surface area is 121 Å². The van der Waals surface area contributed by atoms with E-state index in [1.54, 1.807) is 13.8 Å². The van der Waals surface area contributed by atoms with E-state index < -0.39 is 29.0 Å². The van der Waals surface area contributed by atoms with Crippen molar-refractivity contribution >= 4 is 17.7 Å². The molecule has 1 aromatic carbocycles. The number of carbonyl (C=O) groups excluding carboxylic acids is 1. The fourth-order valence-corrected chi connectivity index (χ4v) is 1.88. The molecular formula is C14H18F2N2O3. The Balaban J connectivity index is 2.65. The Hall–Kier alpha value is -2.18. The zero-order valence-corrected chi connectivity index (χ0v) is 11.9. The van der Waals surface area contributed by atoms with Crippen LogP contribution in [0.25, 0.3) is 0 Å². The van der Waals surface area contributed by atoms with Crippen molar-refractivity contribution in [2.75, 3.05) is 11.9 Å². The van der Waals surface area contributed by atoms with Gasteiger partial charge in [-0.1, -0.05) is 13.8 Å². The molecule has 0 bridgehead atoms. The Morgan fingerprint density at radius 2 is 1.81 bits per heavy atom. The van der Waals surface area contributed by atoms with Gasteiger partial charge < -0.3 is 15.7 Å². The van der Waals surface area contributed by atoms with Crippen LogP contribution in [-0.4, -0.2) is 23.7 Å². The van der Waals surface area contributed by atoms with Gasteiger partial charge in [0, 0.05) is 18.3 Å². The summed E-state index contributed by atoms with van der Waals surface area (Å²) in [5.41, 5.74) is -0.953. The highest BCUT2D eigenvalue weighted by atomic mass is 19.2. The second-order valence-electron chi connectivity index (χ2n) is 4.73. The van der Waals surface area contributed by atoms with Crippen LogP contribution in [0.3, 0.4) is 0 Å². The molecule has 1 aromatic rings. The van der Waals surface area contributed by atoms with Gasteiger partial charge in [0.15, 0.2) is 11.6 Å². The molecule has 1 rings (SSSR count). The van der Waals surface area contributed by atoms with E-state index in [4.69, 9.17) is 0 Å². The number of rotatable bonds is 6. The molecule has 0 heterocycles. The molecule has 0 fully saturated rings. The van der Waals surface area contributed by atoms with E-state index in [9.17, 15) is 23.5 Å². The second-order valence-corrected chi connectivity index (χ2v) is 4.73. The number of aliphatic carboxylic acids is 1. The molecule has 0 saturated heterocycles. The van der Waals surface area contributed by atoms with Gasteiger partial charge in [-0.3, -0.25) is 4.79 Å². The molecule has 0 spiro atoms. The summed E-state index contributed by atoms with van der Waals surface area (Å²) in [6.45, 7) is 3.41. The summed E-state index contributed by atoms with van der Waals surface area (Å²) in [6, 6.07) is 2.28. The maximum atomic E-state index is 13.0. The van der Waals surface area contributed by atoms with Gasteiger partial charge in [0.05, 0.1) is 5.41 Å². The third-order valence-corrected chi connectivity index (χ3v) is 3.57. The predicted molar refractivity (Wildman–Crippen MR) is 74.0 cm³/mol. The molecule has 0 saturated carbocycles. The van der Waals surface area contributed by atoms with Crippen molar-refractivity contribution in [3.05, 3.63) is 29.8 Å².